The van der Waals surface area contributed by atoms with Crippen molar-refractivity contribution in [2.75, 3.05) is 0 Å². The molecule has 3 aromatic carbocycles. The molecule has 0 saturated carbocycles. The van der Waals surface area contributed by atoms with Crippen LogP contribution in [0.3, 0.4) is 0 Å². The summed E-state index contributed by atoms with van der Waals surface area (Å²) < 4.78 is 7.47. The maximum absolute atomic E-state index is 12.1. The number of hydrogen-bond donors (Lipinski definition) is 2. The molecule has 0 aromatic heterocycles. The minimum absolute atomic E-state index is 0.108. The Morgan fingerprint density at radius 1 is 1.00 bits per heavy atom. The summed E-state index contributed by atoms with van der Waals surface area (Å²) in [5, 5.41) is 13.7. The van der Waals surface area contributed by atoms with E-state index in [1.54, 1.807) is 6.07 Å². The van der Waals surface area contributed by atoms with Crippen LogP contribution in [0, 0.1) is 0 Å². The lowest BCUT2D eigenvalue weighted by molar-refractivity contribution is 0.0952. The lowest BCUT2D eigenvalue weighted by Gasteiger charge is -2.06. The van der Waals surface area contributed by atoms with Gasteiger partial charge in [0.1, 0.15) is 18.1 Å². The third-order valence-electron chi connectivity index (χ3n) is 3.78. The highest BCUT2D eigenvalue weighted by molar-refractivity contribution is 9.10. The van der Waals surface area contributed by atoms with Gasteiger partial charge in [-0.2, -0.15) is 5.10 Å². The normalized spacial score (nSPS) is 10.8. The molecule has 0 radical (unpaired) electrons. The van der Waals surface area contributed by atoms with Crippen molar-refractivity contribution in [2.24, 2.45) is 5.10 Å². The van der Waals surface area contributed by atoms with E-state index in [0.29, 0.717) is 11.1 Å². The number of benzene rings is 3. The Bertz CT molecular complexity index is 988. The number of halogens is 2. The van der Waals surface area contributed by atoms with E-state index < -0.39 is 5.91 Å². The van der Waals surface area contributed by atoms with Crippen LogP contribution in [0.1, 0.15) is 21.5 Å². The van der Waals surface area contributed by atoms with Gasteiger partial charge in [-0.05, 0) is 65.7 Å². The molecule has 0 unspecified atom stereocenters. The molecule has 0 aliphatic carbocycles. The van der Waals surface area contributed by atoms with Crippen LogP contribution >= 0.6 is 31.9 Å². The second kappa shape index (κ2) is 9.52. The summed E-state index contributed by atoms with van der Waals surface area (Å²) in [5.74, 6) is 0.135. The number of carbonyl (C=O) groups excluding carboxylic acids is 1. The fraction of sp³-hybridized carbons (Fsp3) is 0.0476. The van der Waals surface area contributed by atoms with Crippen molar-refractivity contribution in [1.82, 2.24) is 5.43 Å². The van der Waals surface area contributed by atoms with Gasteiger partial charge in [-0.1, -0.05) is 44.0 Å². The number of nitrogens with zero attached hydrogens (tertiary/aromatic N) is 1. The fourth-order valence-electron chi connectivity index (χ4n) is 2.31. The van der Waals surface area contributed by atoms with E-state index in [1.807, 2.05) is 48.5 Å². The zero-order chi connectivity index (χ0) is 19.9. The number of phenols is 1. The van der Waals surface area contributed by atoms with Crippen molar-refractivity contribution in [3.8, 4) is 11.5 Å². The van der Waals surface area contributed by atoms with Gasteiger partial charge >= 0.3 is 0 Å². The molecule has 142 valence electrons. The molecule has 5 nitrogen and oxygen atoms in total. The Balaban J connectivity index is 1.54. The quantitative estimate of drug-likeness (QED) is 0.356. The highest BCUT2D eigenvalue weighted by Crippen LogP contribution is 2.21. The standard InChI is InChI=1S/C21H16Br2N2O3/c22-16-5-1-15(2-6-16)13-28-18-8-3-14(4-9-18)12-24-25-21(27)19-11-17(23)7-10-20(19)26/h1-12,26H,13H2,(H,25,27)/b24-12+. The molecule has 0 atom stereocenters. The molecule has 0 fully saturated rings. The monoisotopic (exact) mass is 502 g/mol. The fourth-order valence-corrected chi connectivity index (χ4v) is 2.94. The van der Waals surface area contributed by atoms with Gasteiger partial charge in [0.15, 0.2) is 0 Å². The molecule has 0 aliphatic heterocycles. The molecule has 3 rings (SSSR count). The van der Waals surface area contributed by atoms with Crippen LogP contribution in [0.25, 0.3) is 0 Å². The zero-order valence-corrected chi connectivity index (χ0v) is 17.8. The second-order valence-electron chi connectivity index (χ2n) is 5.84. The van der Waals surface area contributed by atoms with Gasteiger partial charge in [0, 0.05) is 8.95 Å². The van der Waals surface area contributed by atoms with Crippen molar-refractivity contribution < 1.29 is 14.6 Å². The summed E-state index contributed by atoms with van der Waals surface area (Å²) in [6.45, 7) is 0.479. The Kier molecular flexibility index (Phi) is 6.84. The predicted octanol–water partition coefficient (Wildman–Crippen LogP) is 5.26. The molecule has 3 aromatic rings. The van der Waals surface area contributed by atoms with E-state index >= 15 is 0 Å². The van der Waals surface area contributed by atoms with E-state index in [4.69, 9.17) is 4.74 Å². The number of rotatable bonds is 6. The number of amides is 1. The molecule has 0 bridgehead atoms. The first-order valence-corrected chi connectivity index (χ1v) is 9.89. The van der Waals surface area contributed by atoms with Crippen molar-refractivity contribution in [2.45, 2.75) is 6.61 Å². The van der Waals surface area contributed by atoms with Crippen LogP contribution in [-0.2, 0) is 6.61 Å². The van der Waals surface area contributed by atoms with Crippen LogP contribution in [0.4, 0.5) is 0 Å². The third kappa shape index (κ3) is 5.68. The van der Waals surface area contributed by atoms with E-state index in [-0.39, 0.29) is 11.3 Å². The van der Waals surface area contributed by atoms with Crippen molar-refractivity contribution in [3.63, 3.8) is 0 Å². The maximum atomic E-state index is 12.1. The van der Waals surface area contributed by atoms with E-state index in [2.05, 4.69) is 42.4 Å². The molecule has 0 heterocycles. The predicted molar refractivity (Wildman–Crippen MR) is 116 cm³/mol. The molecular formula is C21H16Br2N2O3. The topological polar surface area (TPSA) is 70.9 Å². The summed E-state index contributed by atoms with van der Waals surface area (Å²) in [4.78, 5) is 12.1. The first kappa shape index (κ1) is 20.1. The van der Waals surface area contributed by atoms with Gasteiger partial charge in [0.25, 0.3) is 5.91 Å². The highest BCUT2D eigenvalue weighted by Gasteiger charge is 2.10. The summed E-state index contributed by atoms with van der Waals surface area (Å²) in [7, 11) is 0. The van der Waals surface area contributed by atoms with Gasteiger partial charge < -0.3 is 9.84 Å². The number of carbonyl (C=O) groups is 1. The van der Waals surface area contributed by atoms with Crippen LogP contribution in [0.2, 0.25) is 0 Å². The molecule has 0 saturated heterocycles. The number of hydrazone groups is 1. The Labute approximate surface area is 179 Å². The number of ether oxygens (including phenoxy) is 1. The van der Waals surface area contributed by atoms with Crippen molar-refractivity contribution in [1.29, 1.82) is 0 Å². The van der Waals surface area contributed by atoms with E-state index in [1.165, 1.54) is 18.3 Å². The average molecular weight is 504 g/mol. The van der Waals surface area contributed by atoms with Crippen LogP contribution in [0.15, 0.2) is 80.8 Å². The van der Waals surface area contributed by atoms with Crippen molar-refractivity contribution >= 4 is 44.0 Å². The van der Waals surface area contributed by atoms with Crippen LogP contribution in [0.5, 0.6) is 11.5 Å². The molecule has 7 heteroatoms. The maximum Gasteiger partial charge on any atom is 0.275 e. The van der Waals surface area contributed by atoms with Crippen LogP contribution < -0.4 is 10.2 Å². The van der Waals surface area contributed by atoms with Gasteiger partial charge in [0.2, 0.25) is 0 Å². The van der Waals surface area contributed by atoms with Gasteiger partial charge in [-0.3, -0.25) is 4.79 Å². The smallest absolute Gasteiger partial charge is 0.275 e. The van der Waals surface area contributed by atoms with Gasteiger partial charge in [0.05, 0.1) is 11.8 Å². The first-order valence-electron chi connectivity index (χ1n) is 8.30. The Morgan fingerprint density at radius 3 is 2.39 bits per heavy atom. The van der Waals surface area contributed by atoms with Crippen LogP contribution in [-0.4, -0.2) is 17.2 Å². The number of hydrogen-bond acceptors (Lipinski definition) is 4. The Morgan fingerprint density at radius 2 is 1.68 bits per heavy atom. The van der Waals surface area contributed by atoms with Crippen molar-refractivity contribution in [3.05, 3.63) is 92.4 Å². The van der Waals surface area contributed by atoms with Gasteiger partial charge in [-0.25, -0.2) is 5.43 Å². The largest absolute Gasteiger partial charge is 0.507 e. The SMILES string of the molecule is O=C(N/N=C/c1ccc(OCc2ccc(Br)cc2)cc1)c1cc(Br)ccc1O. The molecule has 1 amide bonds. The summed E-state index contributed by atoms with van der Waals surface area (Å²) in [5.41, 5.74) is 4.41. The lowest BCUT2D eigenvalue weighted by atomic mass is 10.2. The van der Waals surface area contributed by atoms with E-state index in [0.717, 1.165) is 21.3 Å². The lowest BCUT2D eigenvalue weighted by Crippen LogP contribution is -2.17. The molecule has 0 aliphatic rings. The second-order valence-corrected chi connectivity index (χ2v) is 7.68. The number of aromatic hydroxyl groups is 1. The molecule has 2 N–H and O–H groups in total. The summed E-state index contributed by atoms with van der Waals surface area (Å²) in [6, 6.07) is 19.9. The minimum atomic E-state index is -0.496. The molecule has 0 spiro atoms. The summed E-state index contributed by atoms with van der Waals surface area (Å²) in [6.07, 6.45) is 1.52. The average Bonchev–Trinajstić information content (AvgIpc) is 2.70. The minimum Gasteiger partial charge on any atom is -0.507 e. The zero-order valence-electron chi connectivity index (χ0n) is 14.6. The third-order valence-corrected chi connectivity index (χ3v) is 4.80. The first-order chi connectivity index (χ1) is 13.5. The number of phenolic OH excluding ortho intramolecular Hbond substituents is 1. The summed E-state index contributed by atoms with van der Waals surface area (Å²) >= 11 is 6.67. The molecule has 28 heavy (non-hydrogen) atoms. The highest BCUT2D eigenvalue weighted by atomic mass is 79.9. The molecular weight excluding hydrogens is 488 g/mol. The Hall–Kier alpha value is -2.64. The number of nitrogens with one attached hydrogen (secondary N) is 1. The van der Waals surface area contributed by atoms with E-state index in [9.17, 15) is 9.90 Å². The van der Waals surface area contributed by atoms with Gasteiger partial charge in [-0.15, -0.1) is 0 Å².